The molecule has 5 heteroatoms. The van der Waals surface area contributed by atoms with E-state index in [0.29, 0.717) is 5.54 Å². The second-order valence-corrected chi connectivity index (χ2v) is 9.88. The maximum absolute atomic E-state index is 13.9. The van der Waals surface area contributed by atoms with E-state index in [0.717, 1.165) is 36.8 Å². The Labute approximate surface area is 179 Å². The zero-order valence-corrected chi connectivity index (χ0v) is 18.6. The number of piperazine rings is 1. The Bertz CT molecular complexity index is 891. The molecule has 164 valence electrons. The molecule has 0 amide bonds. The number of aromatic nitrogens is 1. The molecule has 3 heterocycles. The fourth-order valence-corrected chi connectivity index (χ4v) is 6.31. The molecule has 1 aliphatic carbocycles. The van der Waals surface area contributed by atoms with E-state index in [1.165, 1.54) is 69.5 Å². The van der Waals surface area contributed by atoms with Crippen LogP contribution in [0.15, 0.2) is 18.2 Å². The molecule has 1 saturated heterocycles. The van der Waals surface area contributed by atoms with Crippen molar-refractivity contribution in [1.29, 1.82) is 0 Å². The maximum atomic E-state index is 13.9. The summed E-state index contributed by atoms with van der Waals surface area (Å²) < 4.78 is 20.5. The molecule has 0 atom stereocenters. The highest BCUT2D eigenvalue weighted by Gasteiger charge is 2.49. The first-order chi connectivity index (χ1) is 14.6. The molecule has 0 radical (unpaired) electrons. The third-order valence-electron chi connectivity index (χ3n) is 8.21. The van der Waals surface area contributed by atoms with Crippen LogP contribution < -0.4 is 0 Å². The van der Waals surface area contributed by atoms with E-state index in [-0.39, 0.29) is 11.4 Å². The molecule has 1 aromatic heterocycles. The monoisotopic (exact) mass is 413 g/mol. The second-order valence-electron chi connectivity index (χ2n) is 9.88. The minimum atomic E-state index is -0.217. The van der Waals surface area contributed by atoms with E-state index in [1.54, 1.807) is 12.1 Å². The van der Waals surface area contributed by atoms with E-state index < -0.39 is 0 Å². The largest absolute Gasteiger partial charge is 0.368 e. The van der Waals surface area contributed by atoms with Crippen LogP contribution in [0.4, 0.5) is 4.39 Å². The zero-order chi connectivity index (χ0) is 20.8. The average molecular weight is 414 g/mol. The number of ether oxygens (including phenoxy) is 1. The first-order valence-electron chi connectivity index (χ1n) is 11.9. The van der Waals surface area contributed by atoms with Gasteiger partial charge in [-0.2, -0.15) is 0 Å². The summed E-state index contributed by atoms with van der Waals surface area (Å²) >= 11 is 0. The van der Waals surface area contributed by atoms with Crippen molar-refractivity contribution in [2.24, 2.45) is 0 Å². The maximum Gasteiger partial charge on any atom is 0.123 e. The molecule has 0 bridgehead atoms. The van der Waals surface area contributed by atoms with Gasteiger partial charge in [0, 0.05) is 42.6 Å². The van der Waals surface area contributed by atoms with Crippen molar-refractivity contribution in [3.8, 4) is 0 Å². The van der Waals surface area contributed by atoms with Crippen LogP contribution in [0.3, 0.4) is 0 Å². The van der Waals surface area contributed by atoms with Crippen molar-refractivity contribution in [1.82, 2.24) is 14.8 Å². The van der Waals surface area contributed by atoms with Crippen molar-refractivity contribution in [3.05, 3.63) is 35.3 Å². The number of benzene rings is 1. The number of rotatable bonds is 4. The molecule has 1 saturated carbocycles. The van der Waals surface area contributed by atoms with Crippen LogP contribution in [0.5, 0.6) is 0 Å². The van der Waals surface area contributed by atoms with Gasteiger partial charge in [0.15, 0.2) is 0 Å². The Hall–Kier alpha value is -1.43. The number of halogens is 1. The van der Waals surface area contributed by atoms with Gasteiger partial charge >= 0.3 is 0 Å². The van der Waals surface area contributed by atoms with Crippen molar-refractivity contribution < 1.29 is 9.13 Å². The van der Waals surface area contributed by atoms with Gasteiger partial charge in [0.1, 0.15) is 11.4 Å². The fourth-order valence-electron chi connectivity index (χ4n) is 6.31. The standard InChI is InChI=1S/C25H36FN3O/c1-3-4-8-24(29-15-13-28(2)14-16-29)9-11-25(12-10-24)23-20(7-17-30-25)21-18-19(26)5-6-22(21)27-23/h5-6,18,27H,3-4,7-17H2,1-2H3. The molecule has 1 N–H and O–H groups in total. The lowest BCUT2D eigenvalue weighted by atomic mass is 9.68. The Morgan fingerprint density at radius 3 is 2.60 bits per heavy atom. The summed E-state index contributed by atoms with van der Waals surface area (Å²) in [4.78, 5) is 8.91. The number of unbranched alkanes of at least 4 members (excludes halogenated alkanes) is 1. The summed E-state index contributed by atoms with van der Waals surface area (Å²) in [6, 6.07) is 5.14. The lowest BCUT2D eigenvalue weighted by molar-refractivity contribution is -0.122. The summed E-state index contributed by atoms with van der Waals surface area (Å²) in [6.45, 7) is 7.77. The van der Waals surface area contributed by atoms with Gasteiger partial charge in [0.25, 0.3) is 0 Å². The van der Waals surface area contributed by atoms with Crippen LogP contribution in [0.25, 0.3) is 10.9 Å². The van der Waals surface area contributed by atoms with Crippen LogP contribution in [0.1, 0.15) is 63.1 Å². The molecule has 0 unspecified atom stereocenters. The van der Waals surface area contributed by atoms with Gasteiger partial charge in [-0.1, -0.05) is 19.8 Å². The molecule has 3 aliphatic rings. The summed E-state index contributed by atoms with van der Waals surface area (Å²) in [5, 5.41) is 1.05. The molecule has 4 nitrogen and oxygen atoms in total. The van der Waals surface area contributed by atoms with Crippen molar-refractivity contribution in [2.45, 2.75) is 69.4 Å². The van der Waals surface area contributed by atoms with Gasteiger partial charge in [0.2, 0.25) is 0 Å². The number of hydrogen-bond donors (Lipinski definition) is 1. The normalized spacial score (nSPS) is 30.8. The predicted molar refractivity (Wildman–Crippen MR) is 119 cm³/mol. The van der Waals surface area contributed by atoms with E-state index >= 15 is 0 Å². The second kappa shape index (κ2) is 7.92. The molecule has 1 spiro atoms. The zero-order valence-electron chi connectivity index (χ0n) is 18.6. The summed E-state index contributed by atoms with van der Waals surface area (Å²) in [5.74, 6) is -0.151. The van der Waals surface area contributed by atoms with E-state index in [9.17, 15) is 4.39 Å². The molecule has 2 fully saturated rings. The van der Waals surface area contributed by atoms with Gasteiger partial charge in [-0.05, 0) is 69.3 Å². The number of likely N-dealkylation sites (N-methyl/N-ethyl adjacent to an activating group) is 1. The van der Waals surface area contributed by atoms with Crippen LogP contribution in [-0.2, 0) is 16.8 Å². The van der Waals surface area contributed by atoms with Gasteiger partial charge in [-0.15, -0.1) is 0 Å². The number of aromatic amines is 1. The Kier molecular flexibility index (Phi) is 5.41. The molecule has 1 aromatic carbocycles. The number of H-pyrrole nitrogens is 1. The highest BCUT2D eigenvalue weighted by atomic mass is 19.1. The Morgan fingerprint density at radius 2 is 1.87 bits per heavy atom. The predicted octanol–water partition coefficient (Wildman–Crippen LogP) is 4.83. The number of nitrogens with one attached hydrogen (secondary N) is 1. The fraction of sp³-hybridized carbons (Fsp3) is 0.680. The number of hydrogen-bond acceptors (Lipinski definition) is 3. The topological polar surface area (TPSA) is 31.5 Å². The number of nitrogens with zero attached hydrogens (tertiary/aromatic N) is 2. The number of fused-ring (bicyclic) bond motifs is 4. The van der Waals surface area contributed by atoms with Crippen molar-refractivity contribution in [2.75, 3.05) is 39.8 Å². The van der Waals surface area contributed by atoms with Crippen LogP contribution in [-0.4, -0.2) is 60.2 Å². The molecule has 2 aliphatic heterocycles. The van der Waals surface area contributed by atoms with E-state index in [1.807, 2.05) is 6.07 Å². The third kappa shape index (κ3) is 3.39. The Morgan fingerprint density at radius 1 is 1.10 bits per heavy atom. The summed E-state index contributed by atoms with van der Waals surface area (Å²) in [7, 11) is 2.24. The van der Waals surface area contributed by atoms with Gasteiger partial charge in [-0.25, -0.2) is 4.39 Å². The SMILES string of the molecule is CCCCC1(N2CCN(C)CC2)CCC2(CC1)OCCc1c2[nH]c2ccc(F)cc12. The minimum Gasteiger partial charge on any atom is -0.368 e. The lowest BCUT2D eigenvalue weighted by Gasteiger charge is -2.54. The van der Waals surface area contributed by atoms with E-state index in [4.69, 9.17) is 4.74 Å². The Balaban J connectivity index is 1.43. The molecular formula is C25H36FN3O. The van der Waals surface area contributed by atoms with Crippen molar-refractivity contribution >= 4 is 10.9 Å². The highest BCUT2D eigenvalue weighted by molar-refractivity contribution is 5.85. The van der Waals surface area contributed by atoms with Gasteiger partial charge < -0.3 is 14.6 Å². The molecule has 5 rings (SSSR count). The minimum absolute atomic E-state index is 0.151. The van der Waals surface area contributed by atoms with Gasteiger partial charge in [-0.3, -0.25) is 4.90 Å². The van der Waals surface area contributed by atoms with Crippen LogP contribution >= 0.6 is 0 Å². The lowest BCUT2D eigenvalue weighted by Crippen LogP contribution is -2.59. The molecule has 30 heavy (non-hydrogen) atoms. The highest BCUT2D eigenvalue weighted by Crippen LogP contribution is 2.51. The third-order valence-corrected chi connectivity index (χ3v) is 8.21. The summed E-state index contributed by atoms with van der Waals surface area (Å²) in [5.41, 5.74) is 3.67. The first-order valence-corrected chi connectivity index (χ1v) is 11.9. The smallest absolute Gasteiger partial charge is 0.123 e. The molecular weight excluding hydrogens is 377 g/mol. The quantitative estimate of drug-likeness (QED) is 0.779. The summed E-state index contributed by atoms with van der Waals surface area (Å²) in [6.07, 6.45) is 9.25. The first kappa shape index (κ1) is 20.5. The molecule has 2 aromatic rings. The van der Waals surface area contributed by atoms with Gasteiger partial charge in [0.05, 0.1) is 12.3 Å². The van der Waals surface area contributed by atoms with E-state index in [2.05, 4.69) is 28.8 Å². The van der Waals surface area contributed by atoms with Crippen LogP contribution in [0, 0.1) is 5.82 Å². The van der Waals surface area contributed by atoms with Crippen LogP contribution in [0.2, 0.25) is 0 Å². The average Bonchev–Trinajstić information content (AvgIpc) is 3.14. The van der Waals surface area contributed by atoms with Crippen molar-refractivity contribution in [3.63, 3.8) is 0 Å².